The molecule has 0 aromatic heterocycles. The summed E-state index contributed by atoms with van der Waals surface area (Å²) < 4.78 is 0. The lowest BCUT2D eigenvalue weighted by Gasteiger charge is -2.28. The van der Waals surface area contributed by atoms with E-state index >= 15 is 0 Å². The lowest BCUT2D eigenvalue weighted by molar-refractivity contribution is -0.140. The van der Waals surface area contributed by atoms with Gasteiger partial charge in [-0.25, -0.2) is 9.59 Å². The summed E-state index contributed by atoms with van der Waals surface area (Å²) in [6.45, 7) is 11.0. The van der Waals surface area contributed by atoms with E-state index in [0.29, 0.717) is 19.0 Å². The fraction of sp³-hybridized carbons (Fsp3) is 0.857. The van der Waals surface area contributed by atoms with Gasteiger partial charge in [-0.15, -0.1) is 0 Å². The zero-order chi connectivity index (χ0) is 15.0. The smallest absolute Gasteiger partial charge is 0.326 e. The van der Waals surface area contributed by atoms with Crippen molar-refractivity contribution >= 4 is 12.0 Å². The molecule has 0 radical (unpaired) electrons. The van der Waals surface area contributed by atoms with E-state index in [4.69, 9.17) is 5.11 Å². The molecule has 0 aromatic rings. The number of hydrogen-bond acceptors (Lipinski definition) is 2. The Hall–Kier alpha value is -1.26. The van der Waals surface area contributed by atoms with E-state index in [2.05, 4.69) is 19.2 Å². The molecular formula is C14H28N2O3. The molecule has 0 aliphatic carbocycles. The van der Waals surface area contributed by atoms with Gasteiger partial charge in [0.1, 0.15) is 6.04 Å². The Bertz CT molecular complexity index is 288. The fourth-order valence-corrected chi connectivity index (χ4v) is 1.95. The molecule has 5 heteroatoms. The molecule has 112 valence electrons. The van der Waals surface area contributed by atoms with Gasteiger partial charge < -0.3 is 15.3 Å². The lowest BCUT2D eigenvalue weighted by Crippen LogP contribution is -2.51. The molecule has 1 unspecified atom stereocenters. The standard InChI is InChI=1S/C14H28N2O3/c1-6-11(7-2)9-16(8-3)14(19)15-12(10(4)5)13(17)18/h10-12H,6-9H2,1-5H3,(H,15,19)(H,17,18). The van der Waals surface area contributed by atoms with Crippen molar-refractivity contribution < 1.29 is 14.7 Å². The number of rotatable bonds is 8. The molecule has 0 spiro atoms. The average molecular weight is 272 g/mol. The molecule has 0 aliphatic heterocycles. The maximum Gasteiger partial charge on any atom is 0.326 e. The number of urea groups is 1. The molecule has 0 aromatic carbocycles. The topological polar surface area (TPSA) is 69.6 Å². The summed E-state index contributed by atoms with van der Waals surface area (Å²) in [5.41, 5.74) is 0. The van der Waals surface area contributed by atoms with Crippen LogP contribution in [0.15, 0.2) is 0 Å². The highest BCUT2D eigenvalue weighted by Crippen LogP contribution is 2.10. The van der Waals surface area contributed by atoms with E-state index < -0.39 is 12.0 Å². The van der Waals surface area contributed by atoms with E-state index in [9.17, 15) is 9.59 Å². The third kappa shape index (κ3) is 5.94. The average Bonchev–Trinajstić information content (AvgIpc) is 2.36. The largest absolute Gasteiger partial charge is 0.480 e. The van der Waals surface area contributed by atoms with Crippen LogP contribution in [0.4, 0.5) is 4.79 Å². The van der Waals surface area contributed by atoms with Gasteiger partial charge in [0.05, 0.1) is 0 Å². The van der Waals surface area contributed by atoms with Crippen LogP contribution < -0.4 is 5.32 Å². The molecule has 5 nitrogen and oxygen atoms in total. The van der Waals surface area contributed by atoms with Gasteiger partial charge in [0.15, 0.2) is 0 Å². The summed E-state index contributed by atoms with van der Waals surface area (Å²) in [4.78, 5) is 24.9. The first-order valence-corrected chi connectivity index (χ1v) is 7.15. The first kappa shape index (κ1) is 17.7. The van der Waals surface area contributed by atoms with Crippen molar-refractivity contribution in [1.29, 1.82) is 0 Å². The predicted octanol–water partition coefficient (Wildman–Crippen LogP) is 2.56. The Morgan fingerprint density at radius 2 is 1.68 bits per heavy atom. The minimum atomic E-state index is -0.984. The molecule has 2 amide bonds. The summed E-state index contributed by atoms with van der Waals surface area (Å²) in [6, 6.07) is -1.11. The highest BCUT2D eigenvalue weighted by molar-refractivity contribution is 5.82. The first-order valence-electron chi connectivity index (χ1n) is 7.15. The molecule has 0 aliphatic rings. The molecule has 19 heavy (non-hydrogen) atoms. The van der Waals surface area contributed by atoms with Gasteiger partial charge >= 0.3 is 12.0 Å². The maximum absolute atomic E-state index is 12.1. The number of carbonyl (C=O) groups is 2. The van der Waals surface area contributed by atoms with Crippen LogP contribution in [-0.2, 0) is 4.79 Å². The molecule has 0 saturated carbocycles. The van der Waals surface area contributed by atoms with Crippen LogP contribution in [0, 0.1) is 11.8 Å². The molecule has 0 bridgehead atoms. The number of amides is 2. The van der Waals surface area contributed by atoms with Gasteiger partial charge in [0.25, 0.3) is 0 Å². The van der Waals surface area contributed by atoms with Gasteiger partial charge in [0, 0.05) is 13.1 Å². The minimum Gasteiger partial charge on any atom is -0.480 e. The van der Waals surface area contributed by atoms with Crippen LogP contribution >= 0.6 is 0 Å². The number of nitrogens with zero attached hydrogens (tertiary/aromatic N) is 1. The third-order valence-electron chi connectivity index (χ3n) is 3.51. The predicted molar refractivity (Wildman–Crippen MR) is 76.1 cm³/mol. The third-order valence-corrected chi connectivity index (χ3v) is 3.51. The Morgan fingerprint density at radius 1 is 1.16 bits per heavy atom. The second kappa shape index (κ2) is 8.77. The van der Waals surface area contributed by atoms with Crippen LogP contribution in [0.1, 0.15) is 47.5 Å². The van der Waals surface area contributed by atoms with E-state index in [0.717, 1.165) is 12.8 Å². The van der Waals surface area contributed by atoms with Crippen LogP contribution in [0.25, 0.3) is 0 Å². The zero-order valence-corrected chi connectivity index (χ0v) is 12.8. The Kier molecular flexibility index (Phi) is 8.19. The van der Waals surface area contributed by atoms with Crippen molar-refractivity contribution in [2.24, 2.45) is 11.8 Å². The second-order valence-corrected chi connectivity index (χ2v) is 5.23. The van der Waals surface area contributed by atoms with E-state index in [1.165, 1.54) is 0 Å². The van der Waals surface area contributed by atoms with Crippen molar-refractivity contribution in [3.05, 3.63) is 0 Å². The number of carboxylic acid groups (broad SMARTS) is 1. The van der Waals surface area contributed by atoms with Gasteiger partial charge in [-0.2, -0.15) is 0 Å². The molecule has 0 heterocycles. The van der Waals surface area contributed by atoms with E-state index in [1.807, 2.05) is 6.92 Å². The molecule has 0 saturated heterocycles. The maximum atomic E-state index is 12.1. The summed E-state index contributed by atoms with van der Waals surface area (Å²) in [7, 11) is 0. The normalized spacial score (nSPS) is 12.6. The molecular weight excluding hydrogens is 244 g/mol. The number of hydrogen-bond donors (Lipinski definition) is 2. The monoisotopic (exact) mass is 272 g/mol. The van der Waals surface area contributed by atoms with Crippen LogP contribution in [0.5, 0.6) is 0 Å². The van der Waals surface area contributed by atoms with E-state index in [1.54, 1.807) is 18.7 Å². The molecule has 0 fully saturated rings. The number of carbonyl (C=O) groups excluding carboxylic acids is 1. The summed E-state index contributed by atoms with van der Waals surface area (Å²) in [5.74, 6) is -0.650. The Balaban J connectivity index is 4.62. The highest BCUT2D eigenvalue weighted by atomic mass is 16.4. The number of aliphatic carboxylic acids is 1. The van der Waals surface area contributed by atoms with Gasteiger partial charge in [-0.1, -0.05) is 40.5 Å². The zero-order valence-electron chi connectivity index (χ0n) is 12.8. The van der Waals surface area contributed by atoms with Gasteiger partial charge in [-0.05, 0) is 18.8 Å². The fourth-order valence-electron chi connectivity index (χ4n) is 1.95. The van der Waals surface area contributed by atoms with Crippen molar-refractivity contribution in [3.63, 3.8) is 0 Å². The Labute approximate surface area is 116 Å². The van der Waals surface area contributed by atoms with Crippen LogP contribution in [0.3, 0.4) is 0 Å². The quantitative estimate of drug-likeness (QED) is 0.713. The number of carboxylic acids is 1. The number of nitrogens with one attached hydrogen (secondary N) is 1. The molecule has 1 atom stereocenters. The summed E-state index contributed by atoms with van der Waals surface area (Å²) >= 11 is 0. The molecule has 2 N–H and O–H groups in total. The van der Waals surface area contributed by atoms with Crippen LogP contribution in [-0.4, -0.2) is 41.1 Å². The Morgan fingerprint density at radius 3 is 2.00 bits per heavy atom. The molecule has 0 rings (SSSR count). The van der Waals surface area contributed by atoms with E-state index in [-0.39, 0.29) is 11.9 Å². The van der Waals surface area contributed by atoms with Crippen molar-refractivity contribution in [2.45, 2.75) is 53.5 Å². The van der Waals surface area contributed by atoms with Gasteiger partial charge in [0.2, 0.25) is 0 Å². The lowest BCUT2D eigenvalue weighted by atomic mass is 10.0. The van der Waals surface area contributed by atoms with Crippen molar-refractivity contribution in [3.8, 4) is 0 Å². The second-order valence-electron chi connectivity index (χ2n) is 5.23. The van der Waals surface area contributed by atoms with Crippen LogP contribution in [0.2, 0.25) is 0 Å². The minimum absolute atomic E-state index is 0.131. The van der Waals surface area contributed by atoms with Gasteiger partial charge in [-0.3, -0.25) is 0 Å². The highest BCUT2D eigenvalue weighted by Gasteiger charge is 2.26. The van der Waals surface area contributed by atoms with Crippen molar-refractivity contribution in [1.82, 2.24) is 10.2 Å². The summed E-state index contributed by atoms with van der Waals surface area (Å²) in [5, 5.41) is 11.7. The summed E-state index contributed by atoms with van der Waals surface area (Å²) in [6.07, 6.45) is 2.04. The van der Waals surface area contributed by atoms with Crippen molar-refractivity contribution in [2.75, 3.05) is 13.1 Å². The first-order chi connectivity index (χ1) is 8.87. The SMILES string of the molecule is CCC(CC)CN(CC)C(=O)NC(C(=O)O)C(C)C.